The Hall–Kier alpha value is -1.68. The van der Waals surface area contributed by atoms with Crippen molar-refractivity contribution in [1.29, 1.82) is 0 Å². The topological polar surface area (TPSA) is 132 Å². The van der Waals surface area contributed by atoms with Gasteiger partial charge in [0.1, 0.15) is 9.84 Å². The number of rotatable bonds is 5. The fourth-order valence-corrected chi connectivity index (χ4v) is 3.39. The number of nitrogen functional groups attached to an aromatic ring is 1. The maximum atomic E-state index is 11.4. The second-order valence-electron chi connectivity index (χ2n) is 4.41. The van der Waals surface area contributed by atoms with E-state index in [1.165, 1.54) is 0 Å². The van der Waals surface area contributed by atoms with E-state index in [0.29, 0.717) is 25.4 Å². The Labute approximate surface area is 117 Å². The molecular formula is C10H18N6O3S. The highest BCUT2D eigenvalue weighted by Crippen LogP contribution is 2.17. The lowest BCUT2D eigenvalue weighted by molar-refractivity contribution is 0.312. The van der Waals surface area contributed by atoms with Crippen molar-refractivity contribution in [2.75, 3.05) is 28.9 Å². The predicted molar refractivity (Wildman–Crippen MR) is 74.1 cm³/mol. The minimum absolute atomic E-state index is 0.0148. The molecule has 1 aromatic rings. The number of nitrogens with two attached hydrogens (primary N) is 1. The van der Waals surface area contributed by atoms with E-state index in [-0.39, 0.29) is 29.5 Å². The minimum Gasteiger partial charge on any atom is -0.464 e. The molecule has 112 valence electrons. The van der Waals surface area contributed by atoms with E-state index in [4.69, 9.17) is 10.6 Å². The van der Waals surface area contributed by atoms with Gasteiger partial charge in [-0.15, -0.1) is 0 Å². The van der Waals surface area contributed by atoms with Gasteiger partial charge in [-0.25, -0.2) is 14.3 Å². The lowest BCUT2D eigenvalue weighted by Crippen LogP contribution is -2.32. The van der Waals surface area contributed by atoms with Crippen LogP contribution < -0.4 is 21.3 Å². The number of hydrazine groups is 1. The third-order valence-electron chi connectivity index (χ3n) is 2.91. The first-order chi connectivity index (χ1) is 9.52. The molecule has 1 saturated heterocycles. The molecular weight excluding hydrogens is 284 g/mol. The molecule has 0 unspecified atom stereocenters. The number of anilines is 2. The number of ether oxygens (including phenoxy) is 1. The van der Waals surface area contributed by atoms with Gasteiger partial charge in [0.15, 0.2) is 0 Å². The number of hydrogen-bond acceptors (Lipinski definition) is 9. The van der Waals surface area contributed by atoms with Gasteiger partial charge in [-0.1, -0.05) is 0 Å². The van der Waals surface area contributed by atoms with E-state index < -0.39 is 9.84 Å². The van der Waals surface area contributed by atoms with Crippen LogP contribution in [0.25, 0.3) is 0 Å². The van der Waals surface area contributed by atoms with Gasteiger partial charge in [0.2, 0.25) is 11.9 Å². The summed E-state index contributed by atoms with van der Waals surface area (Å²) in [5.41, 5.74) is 2.34. The number of aromatic nitrogens is 3. The van der Waals surface area contributed by atoms with Crippen LogP contribution in [0, 0.1) is 0 Å². The fourth-order valence-electron chi connectivity index (χ4n) is 1.90. The number of nitrogens with zero attached hydrogens (tertiary/aromatic N) is 3. The molecule has 1 aliphatic heterocycles. The smallest absolute Gasteiger partial charge is 0.323 e. The highest BCUT2D eigenvalue weighted by molar-refractivity contribution is 7.91. The van der Waals surface area contributed by atoms with E-state index >= 15 is 0 Å². The normalized spacial score (nSPS) is 18.5. The van der Waals surface area contributed by atoms with Crippen LogP contribution in [0.5, 0.6) is 6.01 Å². The van der Waals surface area contributed by atoms with Crippen LogP contribution in [0.15, 0.2) is 0 Å². The first-order valence-corrected chi connectivity index (χ1v) is 8.17. The third-order valence-corrected chi connectivity index (χ3v) is 4.62. The summed E-state index contributed by atoms with van der Waals surface area (Å²) in [4.78, 5) is 12.1. The summed E-state index contributed by atoms with van der Waals surface area (Å²) in [6.07, 6.45) is 1.06. The Morgan fingerprint density at radius 3 is 2.50 bits per heavy atom. The first kappa shape index (κ1) is 14.7. The summed E-state index contributed by atoms with van der Waals surface area (Å²) in [5, 5.41) is 3.09. The van der Waals surface area contributed by atoms with Crippen LogP contribution in [0.1, 0.15) is 19.8 Å². The summed E-state index contributed by atoms with van der Waals surface area (Å²) in [6.45, 7) is 2.24. The highest BCUT2D eigenvalue weighted by Gasteiger charge is 2.24. The van der Waals surface area contributed by atoms with Crippen molar-refractivity contribution in [3.63, 3.8) is 0 Å². The van der Waals surface area contributed by atoms with Crippen LogP contribution in [-0.2, 0) is 9.84 Å². The standard InChI is InChI=1S/C10H18N6O3S/c1-2-19-10-14-8(13-9(15-10)16-11)12-7-3-5-20(17,18)6-4-7/h7H,2-6,11H2,1H3,(H2,12,13,14,15,16). The van der Waals surface area contributed by atoms with Crippen molar-refractivity contribution in [3.05, 3.63) is 0 Å². The SMILES string of the molecule is CCOc1nc(NN)nc(NC2CCS(=O)(=O)CC2)n1. The zero-order valence-corrected chi connectivity index (χ0v) is 12.0. The molecule has 20 heavy (non-hydrogen) atoms. The van der Waals surface area contributed by atoms with Crippen LogP contribution in [0.2, 0.25) is 0 Å². The molecule has 10 heteroatoms. The van der Waals surface area contributed by atoms with Gasteiger partial charge in [0.05, 0.1) is 18.1 Å². The predicted octanol–water partition coefficient (Wildman–Crippen LogP) is -0.455. The van der Waals surface area contributed by atoms with E-state index in [9.17, 15) is 8.42 Å². The van der Waals surface area contributed by atoms with Crippen molar-refractivity contribution in [2.24, 2.45) is 5.84 Å². The summed E-state index contributed by atoms with van der Waals surface area (Å²) in [6, 6.07) is 0.183. The van der Waals surface area contributed by atoms with Crippen molar-refractivity contribution >= 4 is 21.7 Å². The van der Waals surface area contributed by atoms with Gasteiger partial charge < -0.3 is 10.1 Å². The Bertz CT molecular complexity index is 550. The molecule has 1 aromatic heterocycles. The Kier molecular flexibility index (Phi) is 4.55. The van der Waals surface area contributed by atoms with Crippen LogP contribution in [0.3, 0.4) is 0 Å². The largest absolute Gasteiger partial charge is 0.464 e. The summed E-state index contributed by atoms with van der Waals surface area (Å²) < 4.78 is 28.0. The lowest BCUT2D eigenvalue weighted by atomic mass is 10.2. The highest BCUT2D eigenvalue weighted by atomic mass is 32.2. The molecule has 9 nitrogen and oxygen atoms in total. The van der Waals surface area contributed by atoms with Crippen molar-refractivity contribution in [1.82, 2.24) is 15.0 Å². The van der Waals surface area contributed by atoms with Crippen LogP contribution >= 0.6 is 0 Å². The third kappa shape index (κ3) is 3.90. The van der Waals surface area contributed by atoms with E-state index in [0.717, 1.165) is 0 Å². The van der Waals surface area contributed by atoms with Gasteiger partial charge >= 0.3 is 6.01 Å². The van der Waals surface area contributed by atoms with E-state index in [1.54, 1.807) is 0 Å². The van der Waals surface area contributed by atoms with Crippen molar-refractivity contribution < 1.29 is 13.2 Å². The first-order valence-electron chi connectivity index (χ1n) is 6.35. The summed E-state index contributed by atoms with van der Waals surface area (Å²) >= 11 is 0. The average molecular weight is 302 g/mol. The lowest BCUT2D eigenvalue weighted by Gasteiger charge is -2.23. The average Bonchev–Trinajstić information content (AvgIpc) is 2.41. The molecule has 0 aliphatic carbocycles. The van der Waals surface area contributed by atoms with Crippen molar-refractivity contribution in [2.45, 2.75) is 25.8 Å². The number of sulfone groups is 1. The van der Waals surface area contributed by atoms with Gasteiger partial charge in [-0.3, -0.25) is 5.43 Å². The maximum absolute atomic E-state index is 11.4. The van der Waals surface area contributed by atoms with Gasteiger partial charge in [0, 0.05) is 6.04 Å². The number of nitrogens with one attached hydrogen (secondary N) is 2. The van der Waals surface area contributed by atoms with Gasteiger partial charge in [-0.2, -0.15) is 15.0 Å². The molecule has 1 aliphatic rings. The second-order valence-corrected chi connectivity index (χ2v) is 6.72. The molecule has 2 rings (SSSR count). The van der Waals surface area contributed by atoms with Crippen LogP contribution in [0.4, 0.5) is 11.9 Å². The van der Waals surface area contributed by atoms with Crippen LogP contribution in [-0.4, -0.2) is 47.5 Å². The molecule has 0 aromatic carbocycles. The van der Waals surface area contributed by atoms with E-state index in [1.807, 2.05) is 6.92 Å². The van der Waals surface area contributed by atoms with Gasteiger partial charge in [-0.05, 0) is 19.8 Å². The quantitative estimate of drug-likeness (QED) is 0.488. The Balaban J connectivity index is 2.07. The number of hydrogen-bond donors (Lipinski definition) is 3. The second kappa shape index (κ2) is 6.18. The Morgan fingerprint density at radius 1 is 1.25 bits per heavy atom. The Morgan fingerprint density at radius 2 is 1.90 bits per heavy atom. The molecule has 0 spiro atoms. The van der Waals surface area contributed by atoms with E-state index in [2.05, 4.69) is 25.7 Å². The minimum atomic E-state index is -2.89. The van der Waals surface area contributed by atoms with Crippen molar-refractivity contribution in [3.8, 4) is 6.01 Å². The molecule has 1 fully saturated rings. The molecule has 0 amide bonds. The molecule has 2 heterocycles. The van der Waals surface area contributed by atoms with Gasteiger partial charge in [0.25, 0.3) is 0 Å². The molecule has 0 atom stereocenters. The molecule has 0 saturated carbocycles. The summed E-state index contributed by atoms with van der Waals surface area (Å²) in [7, 11) is -2.89. The monoisotopic (exact) mass is 302 g/mol. The summed E-state index contributed by atoms with van der Waals surface area (Å²) in [5.74, 6) is 6.15. The maximum Gasteiger partial charge on any atom is 0.323 e. The molecule has 0 bridgehead atoms. The molecule has 4 N–H and O–H groups in total. The fraction of sp³-hybridized carbons (Fsp3) is 0.700. The molecule has 0 radical (unpaired) electrons. The zero-order chi connectivity index (χ0) is 14.6. The zero-order valence-electron chi connectivity index (χ0n) is 11.2.